The summed E-state index contributed by atoms with van der Waals surface area (Å²) in [5.41, 5.74) is 2.98. The van der Waals surface area contributed by atoms with E-state index in [1.165, 1.54) is 12.1 Å². The summed E-state index contributed by atoms with van der Waals surface area (Å²) in [6.07, 6.45) is 4.13. The van der Waals surface area contributed by atoms with Crippen molar-refractivity contribution in [2.75, 3.05) is 5.43 Å². The summed E-state index contributed by atoms with van der Waals surface area (Å²) in [4.78, 5) is 20.6. The molecule has 1 aliphatic carbocycles. The molecule has 1 aromatic carbocycles. The van der Waals surface area contributed by atoms with Crippen LogP contribution in [-0.4, -0.2) is 15.6 Å². The Bertz CT molecular complexity index is 741. The molecule has 1 fully saturated rings. The quantitative estimate of drug-likeness (QED) is 0.611. The van der Waals surface area contributed by atoms with Gasteiger partial charge in [-0.3, -0.25) is 25.7 Å². The van der Waals surface area contributed by atoms with Crippen LogP contribution in [0.15, 0.2) is 23.3 Å². The van der Waals surface area contributed by atoms with Crippen LogP contribution in [0, 0.1) is 43.4 Å². The molecule has 0 amide bonds. The SMILES string of the molecule is C[C@H]1CCC[C@@H](CCC#N)/C1=N\Nc1ccc([N+](=O)[O-])cc1[N+](=O)[O-]. The molecule has 0 spiro atoms. The van der Waals surface area contributed by atoms with E-state index < -0.39 is 15.5 Å². The molecule has 132 valence electrons. The van der Waals surface area contributed by atoms with Gasteiger partial charge in [-0.15, -0.1) is 0 Å². The Kier molecular flexibility index (Phi) is 6.00. The maximum atomic E-state index is 11.2. The van der Waals surface area contributed by atoms with Crippen molar-refractivity contribution in [3.8, 4) is 6.07 Å². The molecule has 0 heterocycles. The predicted octanol–water partition coefficient (Wildman–Crippen LogP) is 4.01. The molecule has 0 aliphatic heterocycles. The molecule has 25 heavy (non-hydrogen) atoms. The minimum Gasteiger partial charge on any atom is -0.272 e. The molecule has 1 saturated carbocycles. The number of nitro groups is 2. The number of hydrazone groups is 1. The Hall–Kier alpha value is -3.02. The zero-order valence-electron chi connectivity index (χ0n) is 13.8. The maximum Gasteiger partial charge on any atom is 0.301 e. The van der Waals surface area contributed by atoms with Crippen LogP contribution < -0.4 is 5.43 Å². The highest BCUT2D eigenvalue weighted by Crippen LogP contribution is 2.32. The summed E-state index contributed by atoms with van der Waals surface area (Å²) in [5, 5.41) is 35.1. The lowest BCUT2D eigenvalue weighted by Crippen LogP contribution is -2.27. The first kappa shape index (κ1) is 18.3. The molecule has 0 unspecified atom stereocenters. The fraction of sp³-hybridized carbons (Fsp3) is 0.500. The van der Waals surface area contributed by atoms with Gasteiger partial charge in [-0.05, 0) is 31.2 Å². The lowest BCUT2D eigenvalue weighted by molar-refractivity contribution is -0.393. The highest BCUT2D eigenvalue weighted by atomic mass is 16.6. The summed E-state index contributed by atoms with van der Waals surface area (Å²) in [5.74, 6) is 0.398. The third-order valence-corrected chi connectivity index (χ3v) is 4.41. The van der Waals surface area contributed by atoms with Crippen molar-refractivity contribution < 1.29 is 9.85 Å². The molecule has 1 N–H and O–H groups in total. The highest BCUT2D eigenvalue weighted by molar-refractivity contribution is 5.90. The lowest BCUT2D eigenvalue weighted by Gasteiger charge is -2.28. The Balaban J connectivity index is 2.27. The zero-order valence-corrected chi connectivity index (χ0v) is 13.8. The number of anilines is 1. The van der Waals surface area contributed by atoms with Crippen molar-refractivity contribution in [1.29, 1.82) is 5.26 Å². The number of nitro benzene ring substituents is 2. The first-order chi connectivity index (χ1) is 11.9. The smallest absolute Gasteiger partial charge is 0.272 e. The summed E-state index contributed by atoms with van der Waals surface area (Å²) in [6, 6.07) is 5.54. The third-order valence-electron chi connectivity index (χ3n) is 4.41. The highest BCUT2D eigenvalue weighted by Gasteiger charge is 2.27. The second-order valence-electron chi connectivity index (χ2n) is 6.09. The number of non-ortho nitro benzene ring substituents is 1. The van der Waals surface area contributed by atoms with E-state index in [1.54, 1.807) is 0 Å². The molecule has 2 atom stereocenters. The number of benzene rings is 1. The third kappa shape index (κ3) is 4.50. The standard InChI is InChI=1S/C16H19N5O4/c1-11-4-2-5-12(6-3-9-17)16(11)19-18-14-8-7-13(20(22)23)10-15(14)21(24)25/h7-8,10-12,18H,2-6H2,1H3/b19-16-/t11-,12-/m0/s1. The second kappa shape index (κ2) is 8.19. The largest absolute Gasteiger partial charge is 0.301 e. The van der Waals surface area contributed by atoms with Gasteiger partial charge in [-0.1, -0.05) is 13.3 Å². The van der Waals surface area contributed by atoms with E-state index in [2.05, 4.69) is 16.6 Å². The van der Waals surface area contributed by atoms with Gasteiger partial charge in [0.05, 0.1) is 22.0 Å². The van der Waals surface area contributed by atoms with Crippen molar-refractivity contribution in [2.45, 2.75) is 39.0 Å². The average Bonchev–Trinajstić information content (AvgIpc) is 2.58. The van der Waals surface area contributed by atoms with E-state index in [1.807, 2.05) is 6.92 Å². The second-order valence-corrected chi connectivity index (χ2v) is 6.09. The number of hydrogen-bond donors (Lipinski definition) is 1. The van der Waals surface area contributed by atoms with Gasteiger partial charge in [0.1, 0.15) is 5.69 Å². The van der Waals surface area contributed by atoms with Crippen LogP contribution in [-0.2, 0) is 0 Å². The van der Waals surface area contributed by atoms with Crippen molar-refractivity contribution >= 4 is 22.8 Å². The van der Waals surface area contributed by atoms with Gasteiger partial charge >= 0.3 is 5.69 Å². The first-order valence-corrected chi connectivity index (χ1v) is 8.07. The Labute approximate surface area is 144 Å². The van der Waals surface area contributed by atoms with Gasteiger partial charge in [0.2, 0.25) is 0 Å². The van der Waals surface area contributed by atoms with Gasteiger partial charge < -0.3 is 0 Å². The minimum atomic E-state index is -0.677. The number of nitrogens with one attached hydrogen (secondary N) is 1. The van der Waals surface area contributed by atoms with E-state index >= 15 is 0 Å². The fourth-order valence-corrected chi connectivity index (χ4v) is 3.11. The Morgan fingerprint density at radius 2 is 2.08 bits per heavy atom. The molecule has 0 bridgehead atoms. The van der Waals surface area contributed by atoms with Crippen LogP contribution in [0.1, 0.15) is 39.0 Å². The van der Waals surface area contributed by atoms with Gasteiger partial charge in [-0.2, -0.15) is 10.4 Å². The molecular weight excluding hydrogens is 326 g/mol. The molecule has 0 saturated heterocycles. The van der Waals surface area contributed by atoms with E-state index in [4.69, 9.17) is 5.26 Å². The normalized spacial score (nSPS) is 21.5. The number of nitriles is 1. The van der Waals surface area contributed by atoms with Gasteiger partial charge in [0.15, 0.2) is 0 Å². The van der Waals surface area contributed by atoms with E-state index in [-0.39, 0.29) is 23.2 Å². The van der Waals surface area contributed by atoms with E-state index in [0.29, 0.717) is 12.8 Å². The average molecular weight is 345 g/mol. The number of nitrogens with zero attached hydrogens (tertiary/aromatic N) is 4. The van der Waals surface area contributed by atoms with Crippen molar-refractivity contribution in [2.24, 2.45) is 16.9 Å². The number of rotatable bonds is 6. The summed E-state index contributed by atoms with van der Waals surface area (Å²) in [7, 11) is 0. The van der Waals surface area contributed by atoms with Crippen molar-refractivity contribution in [3.63, 3.8) is 0 Å². The van der Waals surface area contributed by atoms with Crippen LogP contribution in [0.4, 0.5) is 17.1 Å². The van der Waals surface area contributed by atoms with Gasteiger partial charge in [-0.25, -0.2) is 0 Å². The van der Waals surface area contributed by atoms with E-state index in [0.717, 1.165) is 31.0 Å². The molecule has 2 rings (SSSR count). The van der Waals surface area contributed by atoms with E-state index in [9.17, 15) is 20.2 Å². The van der Waals surface area contributed by atoms with Gasteiger partial charge in [0.25, 0.3) is 5.69 Å². The van der Waals surface area contributed by atoms with Crippen LogP contribution in [0.5, 0.6) is 0 Å². The van der Waals surface area contributed by atoms with Crippen molar-refractivity contribution in [3.05, 3.63) is 38.4 Å². The van der Waals surface area contributed by atoms with Gasteiger partial charge in [0, 0.05) is 24.1 Å². The summed E-state index contributed by atoms with van der Waals surface area (Å²) >= 11 is 0. The monoisotopic (exact) mass is 345 g/mol. The molecule has 0 radical (unpaired) electrons. The number of hydrogen-bond acceptors (Lipinski definition) is 7. The molecule has 1 aliphatic rings. The topological polar surface area (TPSA) is 134 Å². The lowest BCUT2D eigenvalue weighted by atomic mass is 9.78. The predicted molar refractivity (Wildman–Crippen MR) is 92.2 cm³/mol. The molecule has 9 nitrogen and oxygen atoms in total. The fourth-order valence-electron chi connectivity index (χ4n) is 3.11. The maximum absolute atomic E-state index is 11.2. The van der Waals surface area contributed by atoms with Crippen molar-refractivity contribution in [1.82, 2.24) is 0 Å². The molecule has 9 heteroatoms. The minimum absolute atomic E-state index is 0.111. The summed E-state index contributed by atoms with van der Waals surface area (Å²) < 4.78 is 0. The Morgan fingerprint density at radius 3 is 2.72 bits per heavy atom. The Morgan fingerprint density at radius 1 is 1.32 bits per heavy atom. The van der Waals surface area contributed by atoms with Crippen LogP contribution in [0.3, 0.4) is 0 Å². The first-order valence-electron chi connectivity index (χ1n) is 8.07. The summed E-state index contributed by atoms with van der Waals surface area (Å²) in [6.45, 7) is 2.04. The van der Waals surface area contributed by atoms with Crippen LogP contribution in [0.25, 0.3) is 0 Å². The zero-order chi connectivity index (χ0) is 18.4. The molecule has 1 aromatic rings. The molecule has 0 aromatic heterocycles. The van der Waals surface area contributed by atoms with Crippen LogP contribution >= 0.6 is 0 Å². The molecular formula is C16H19N5O4. The van der Waals surface area contributed by atoms with Crippen LogP contribution in [0.2, 0.25) is 0 Å².